The number of rotatable bonds is 5. The summed E-state index contributed by atoms with van der Waals surface area (Å²) >= 11 is 11.9. The highest BCUT2D eigenvalue weighted by molar-refractivity contribution is 6.35. The highest BCUT2D eigenvalue weighted by Gasteiger charge is 2.09. The Hall–Kier alpha value is -2.04. The Balaban J connectivity index is 1.55. The number of aromatic nitrogens is 2. The highest BCUT2D eigenvalue weighted by Crippen LogP contribution is 2.27. The number of carbonyl (C=O) groups is 1. The third-order valence-corrected chi connectivity index (χ3v) is 3.94. The quantitative estimate of drug-likeness (QED) is 0.619. The van der Waals surface area contributed by atoms with E-state index in [9.17, 15) is 4.79 Å². The summed E-state index contributed by atoms with van der Waals surface area (Å²) in [7, 11) is 0. The van der Waals surface area contributed by atoms with Gasteiger partial charge in [0, 0.05) is 11.4 Å². The SMILES string of the molecule is O=C(CCCOc1ccc(Cl)cc1Cl)n1cnc2ccccc21. The minimum atomic E-state index is -0.00972. The number of halogens is 2. The second kappa shape index (κ2) is 7.02. The molecule has 0 aliphatic rings. The number of hydrogen-bond acceptors (Lipinski definition) is 3. The summed E-state index contributed by atoms with van der Waals surface area (Å²) in [5, 5.41) is 1.02. The average molecular weight is 349 g/mol. The van der Waals surface area contributed by atoms with Crippen molar-refractivity contribution in [3.05, 3.63) is 58.8 Å². The molecule has 23 heavy (non-hydrogen) atoms. The zero-order valence-electron chi connectivity index (χ0n) is 12.2. The van der Waals surface area contributed by atoms with Crippen LogP contribution in [-0.4, -0.2) is 22.1 Å². The van der Waals surface area contributed by atoms with Crippen molar-refractivity contribution < 1.29 is 9.53 Å². The molecule has 3 rings (SSSR count). The molecule has 0 spiro atoms. The van der Waals surface area contributed by atoms with Gasteiger partial charge in [-0.15, -0.1) is 0 Å². The normalized spacial score (nSPS) is 10.9. The van der Waals surface area contributed by atoms with E-state index in [1.54, 1.807) is 29.1 Å². The third kappa shape index (κ3) is 3.66. The molecule has 1 aromatic heterocycles. The summed E-state index contributed by atoms with van der Waals surface area (Å²) in [4.78, 5) is 16.5. The second-order valence-electron chi connectivity index (χ2n) is 5.02. The molecule has 0 amide bonds. The Bertz CT molecular complexity index is 845. The summed E-state index contributed by atoms with van der Waals surface area (Å²) in [6.07, 6.45) is 2.51. The van der Waals surface area contributed by atoms with Gasteiger partial charge in [0.2, 0.25) is 5.91 Å². The van der Waals surface area contributed by atoms with Gasteiger partial charge in [0.15, 0.2) is 0 Å². The van der Waals surface area contributed by atoms with Gasteiger partial charge in [0.1, 0.15) is 12.1 Å². The maximum absolute atomic E-state index is 12.3. The Morgan fingerprint density at radius 3 is 2.83 bits per heavy atom. The molecule has 0 radical (unpaired) electrons. The minimum absolute atomic E-state index is 0.00972. The van der Waals surface area contributed by atoms with Crippen LogP contribution in [0.25, 0.3) is 11.0 Å². The van der Waals surface area contributed by atoms with Crippen molar-refractivity contribution in [2.75, 3.05) is 6.61 Å². The van der Waals surface area contributed by atoms with Gasteiger partial charge in [-0.25, -0.2) is 4.98 Å². The smallest absolute Gasteiger partial charge is 0.232 e. The Kier molecular flexibility index (Phi) is 4.84. The largest absolute Gasteiger partial charge is 0.492 e. The number of fused-ring (bicyclic) bond motifs is 1. The van der Waals surface area contributed by atoms with Crippen LogP contribution in [0.5, 0.6) is 5.75 Å². The molecule has 2 aromatic carbocycles. The first-order chi connectivity index (χ1) is 11.1. The number of para-hydroxylation sites is 2. The van der Waals surface area contributed by atoms with Crippen molar-refractivity contribution in [3.63, 3.8) is 0 Å². The Labute approximate surface area is 143 Å². The molecular formula is C17H14Cl2N2O2. The monoisotopic (exact) mass is 348 g/mol. The molecule has 0 saturated carbocycles. The summed E-state index contributed by atoms with van der Waals surface area (Å²) in [6, 6.07) is 12.6. The first-order valence-corrected chi connectivity index (χ1v) is 7.94. The molecule has 1 heterocycles. The summed E-state index contributed by atoms with van der Waals surface area (Å²) in [6.45, 7) is 0.403. The van der Waals surface area contributed by atoms with Crippen molar-refractivity contribution in [3.8, 4) is 5.75 Å². The third-order valence-electron chi connectivity index (χ3n) is 3.41. The van der Waals surface area contributed by atoms with E-state index < -0.39 is 0 Å². The van der Waals surface area contributed by atoms with E-state index in [1.807, 2.05) is 24.3 Å². The lowest BCUT2D eigenvalue weighted by Crippen LogP contribution is -2.11. The van der Waals surface area contributed by atoms with Gasteiger partial charge in [0.25, 0.3) is 0 Å². The second-order valence-corrected chi connectivity index (χ2v) is 5.87. The van der Waals surface area contributed by atoms with E-state index in [-0.39, 0.29) is 5.91 Å². The molecule has 0 saturated heterocycles. The van der Waals surface area contributed by atoms with Crippen LogP contribution in [0.15, 0.2) is 48.8 Å². The van der Waals surface area contributed by atoms with Crippen LogP contribution >= 0.6 is 23.2 Å². The van der Waals surface area contributed by atoms with Crippen LogP contribution in [0, 0.1) is 0 Å². The standard InChI is InChI=1S/C17H14Cl2N2O2/c18-12-7-8-16(13(19)10-12)23-9-3-6-17(22)21-11-20-14-4-1-2-5-15(14)21/h1-2,4-5,7-8,10-11H,3,6,9H2. The molecule has 0 aliphatic heterocycles. The predicted octanol–water partition coefficient (Wildman–Crippen LogP) is 4.84. The maximum Gasteiger partial charge on any atom is 0.232 e. The fraction of sp³-hybridized carbons (Fsp3) is 0.176. The fourth-order valence-electron chi connectivity index (χ4n) is 2.28. The summed E-state index contributed by atoms with van der Waals surface area (Å²) < 4.78 is 7.15. The number of benzene rings is 2. The van der Waals surface area contributed by atoms with Gasteiger partial charge in [-0.3, -0.25) is 9.36 Å². The van der Waals surface area contributed by atoms with Gasteiger partial charge in [-0.2, -0.15) is 0 Å². The maximum atomic E-state index is 12.3. The van der Waals surface area contributed by atoms with E-state index in [1.165, 1.54) is 0 Å². The van der Waals surface area contributed by atoms with Crippen molar-refractivity contribution in [1.82, 2.24) is 9.55 Å². The highest BCUT2D eigenvalue weighted by atomic mass is 35.5. The number of imidazole rings is 1. The topological polar surface area (TPSA) is 44.1 Å². The summed E-state index contributed by atoms with van der Waals surface area (Å²) in [5.41, 5.74) is 1.63. The number of ether oxygens (including phenoxy) is 1. The Morgan fingerprint density at radius 2 is 2.00 bits per heavy atom. The minimum Gasteiger partial charge on any atom is -0.492 e. The fourth-order valence-corrected chi connectivity index (χ4v) is 2.74. The predicted molar refractivity (Wildman–Crippen MR) is 91.6 cm³/mol. The molecule has 3 aromatic rings. The zero-order chi connectivity index (χ0) is 16.2. The van der Waals surface area contributed by atoms with Crippen molar-refractivity contribution in [2.45, 2.75) is 12.8 Å². The molecule has 4 nitrogen and oxygen atoms in total. The zero-order valence-corrected chi connectivity index (χ0v) is 13.7. The summed E-state index contributed by atoms with van der Waals surface area (Å²) in [5.74, 6) is 0.557. The molecule has 6 heteroatoms. The van der Waals surface area contributed by atoms with Gasteiger partial charge >= 0.3 is 0 Å². The lowest BCUT2D eigenvalue weighted by molar-refractivity contribution is 0.0898. The van der Waals surface area contributed by atoms with Crippen LogP contribution in [0.3, 0.4) is 0 Å². The molecule has 0 N–H and O–H groups in total. The van der Waals surface area contributed by atoms with E-state index in [0.717, 1.165) is 11.0 Å². The molecule has 118 valence electrons. The van der Waals surface area contributed by atoms with E-state index in [2.05, 4.69) is 4.98 Å². The van der Waals surface area contributed by atoms with Crippen LogP contribution in [0.1, 0.15) is 17.6 Å². The molecular weight excluding hydrogens is 335 g/mol. The number of carbonyl (C=O) groups excluding carboxylic acids is 1. The van der Waals surface area contributed by atoms with Gasteiger partial charge < -0.3 is 4.74 Å². The number of nitrogens with zero attached hydrogens (tertiary/aromatic N) is 2. The molecule has 0 aliphatic carbocycles. The Morgan fingerprint density at radius 1 is 1.17 bits per heavy atom. The number of hydrogen-bond donors (Lipinski definition) is 0. The molecule has 0 bridgehead atoms. The van der Waals surface area contributed by atoms with Crippen molar-refractivity contribution in [2.24, 2.45) is 0 Å². The van der Waals surface area contributed by atoms with Gasteiger partial charge in [-0.05, 0) is 36.8 Å². The first-order valence-electron chi connectivity index (χ1n) is 7.18. The lowest BCUT2D eigenvalue weighted by Gasteiger charge is -2.08. The van der Waals surface area contributed by atoms with Gasteiger partial charge in [-0.1, -0.05) is 35.3 Å². The van der Waals surface area contributed by atoms with Crippen molar-refractivity contribution in [1.29, 1.82) is 0 Å². The van der Waals surface area contributed by atoms with E-state index in [0.29, 0.717) is 35.2 Å². The van der Waals surface area contributed by atoms with Crippen LogP contribution in [0.2, 0.25) is 10.0 Å². The van der Waals surface area contributed by atoms with E-state index in [4.69, 9.17) is 27.9 Å². The molecule has 0 fully saturated rings. The van der Waals surface area contributed by atoms with Crippen LogP contribution in [0.4, 0.5) is 0 Å². The van der Waals surface area contributed by atoms with Gasteiger partial charge in [0.05, 0.1) is 22.7 Å². The first kappa shape index (κ1) is 15.8. The molecule has 0 unspecified atom stereocenters. The van der Waals surface area contributed by atoms with E-state index >= 15 is 0 Å². The average Bonchev–Trinajstić information content (AvgIpc) is 2.97. The van der Waals surface area contributed by atoms with Crippen LogP contribution in [-0.2, 0) is 0 Å². The molecule has 0 atom stereocenters. The lowest BCUT2D eigenvalue weighted by atomic mass is 10.3. The van der Waals surface area contributed by atoms with Crippen molar-refractivity contribution >= 4 is 40.1 Å². The van der Waals surface area contributed by atoms with Crippen LogP contribution < -0.4 is 4.74 Å².